The summed E-state index contributed by atoms with van der Waals surface area (Å²) in [5, 5.41) is 1.58. The summed E-state index contributed by atoms with van der Waals surface area (Å²) in [6.45, 7) is 1.35. The molecule has 0 radical (unpaired) electrons. The Bertz CT molecular complexity index is 399. The summed E-state index contributed by atoms with van der Waals surface area (Å²) in [4.78, 5) is 0. The molecule has 5 nitrogen and oxygen atoms in total. The molecule has 0 aromatic heterocycles. The second-order valence-corrected chi connectivity index (χ2v) is 4.66. The summed E-state index contributed by atoms with van der Waals surface area (Å²) < 4.78 is 30.0. The average Bonchev–Trinajstić information content (AvgIpc) is 2.07. The molecule has 14 heavy (non-hydrogen) atoms. The lowest BCUT2D eigenvalue weighted by molar-refractivity contribution is 0.475. The first-order valence-corrected chi connectivity index (χ1v) is 5.48. The van der Waals surface area contributed by atoms with Crippen molar-refractivity contribution < 1.29 is 13.0 Å². The lowest BCUT2D eigenvalue weighted by Gasteiger charge is -2.11. The topological polar surface area (TPSA) is 92.4 Å². The molecule has 0 saturated carbocycles. The predicted octanol–water partition coefficient (Wildman–Crippen LogP) is 0.915. The molecule has 0 aliphatic heterocycles. The normalized spacial score (nSPS) is 13.6. The fourth-order valence-electron chi connectivity index (χ4n) is 0.889. The van der Waals surface area contributed by atoms with Crippen LogP contribution in [-0.2, 0) is 10.1 Å². The number of nitrogens with one attached hydrogen (secondary N) is 1. The molecular weight excluding hydrogens is 204 g/mol. The van der Waals surface area contributed by atoms with Crippen LogP contribution in [0.1, 0.15) is 6.92 Å². The molecule has 6 heteroatoms. The van der Waals surface area contributed by atoms with Crippen LogP contribution < -0.4 is 11.1 Å². The molecule has 0 heterocycles. The van der Waals surface area contributed by atoms with Gasteiger partial charge >= 0.3 is 0 Å². The second kappa shape index (κ2) is 3.85. The quantitative estimate of drug-likeness (QED) is 0.516. The van der Waals surface area contributed by atoms with Crippen LogP contribution in [0.15, 0.2) is 24.3 Å². The van der Waals surface area contributed by atoms with Gasteiger partial charge in [0.2, 0.25) is 0 Å². The maximum atomic E-state index is 10.7. The van der Waals surface area contributed by atoms with Gasteiger partial charge in [0, 0.05) is 11.4 Å². The van der Waals surface area contributed by atoms with Gasteiger partial charge in [0.25, 0.3) is 10.1 Å². The SMILES string of the molecule is CC(Nc1ccc(N)cc1)S(=O)(=O)O. The maximum Gasteiger partial charge on any atom is 0.285 e. The molecule has 1 rings (SSSR count). The van der Waals surface area contributed by atoms with E-state index in [0.29, 0.717) is 11.4 Å². The second-order valence-electron chi connectivity index (χ2n) is 2.92. The first kappa shape index (κ1) is 10.8. The molecule has 1 aromatic rings. The summed E-state index contributed by atoms with van der Waals surface area (Å²) in [6, 6.07) is 6.55. The van der Waals surface area contributed by atoms with Gasteiger partial charge in [-0.15, -0.1) is 0 Å². The van der Waals surface area contributed by atoms with Gasteiger partial charge in [-0.1, -0.05) is 0 Å². The third-order valence-corrected chi connectivity index (χ3v) is 2.74. The third kappa shape index (κ3) is 2.90. The Labute approximate surface area is 82.7 Å². The van der Waals surface area contributed by atoms with Crippen molar-refractivity contribution in [3.63, 3.8) is 0 Å². The van der Waals surface area contributed by atoms with Gasteiger partial charge in [-0.3, -0.25) is 4.55 Å². The van der Waals surface area contributed by atoms with Crippen LogP contribution in [-0.4, -0.2) is 18.3 Å². The summed E-state index contributed by atoms with van der Waals surface area (Å²) in [6.07, 6.45) is 0. The Balaban J connectivity index is 2.75. The molecule has 0 amide bonds. The summed E-state index contributed by atoms with van der Waals surface area (Å²) in [5.74, 6) is 0. The van der Waals surface area contributed by atoms with E-state index in [9.17, 15) is 8.42 Å². The Morgan fingerprint density at radius 1 is 1.36 bits per heavy atom. The van der Waals surface area contributed by atoms with Gasteiger partial charge in [-0.05, 0) is 31.2 Å². The van der Waals surface area contributed by atoms with Crippen molar-refractivity contribution in [2.75, 3.05) is 11.1 Å². The fraction of sp³-hybridized carbons (Fsp3) is 0.250. The summed E-state index contributed by atoms with van der Waals surface area (Å²) in [7, 11) is -4.05. The van der Waals surface area contributed by atoms with E-state index in [1.165, 1.54) is 6.92 Å². The van der Waals surface area contributed by atoms with Crippen LogP contribution in [0, 0.1) is 0 Å². The van der Waals surface area contributed by atoms with E-state index in [2.05, 4.69) is 5.32 Å². The van der Waals surface area contributed by atoms with Crippen LogP contribution in [0.5, 0.6) is 0 Å². The van der Waals surface area contributed by atoms with E-state index in [1.807, 2.05) is 0 Å². The fourth-order valence-corrected chi connectivity index (χ4v) is 1.17. The van der Waals surface area contributed by atoms with Gasteiger partial charge in [0.1, 0.15) is 0 Å². The van der Waals surface area contributed by atoms with E-state index in [0.717, 1.165) is 0 Å². The number of nitrogen functional groups attached to an aromatic ring is 1. The average molecular weight is 216 g/mol. The minimum Gasteiger partial charge on any atom is -0.399 e. The molecule has 1 aromatic carbocycles. The van der Waals surface area contributed by atoms with E-state index in [-0.39, 0.29) is 0 Å². The molecular formula is C8H12N2O3S. The van der Waals surface area contributed by atoms with Crippen LogP contribution in [0.4, 0.5) is 11.4 Å². The van der Waals surface area contributed by atoms with Crippen LogP contribution >= 0.6 is 0 Å². The van der Waals surface area contributed by atoms with E-state index >= 15 is 0 Å². The van der Waals surface area contributed by atoms with Crippen molar-refractivity contribution >= 4 is 21.5 Å². The zero-order chi connectivity index (χ0) is 10.8. The van der Waals surface area contributed by atoms with Crippen molar-refractivity contribution in [3.8, 4) is 0 Å². The Morgan fingerprint density at radius 2 is 1.86 bits per heavy atom. The highest BCUT2D eigenvalue weighted by Gasteiger charge is 2.16. The molecule has 0 aliphatic rings. The van der Waals surface area contributed by atoms with Crippen molar-refractivity contribution in [3.05, 3.63) is 24.3 Å². The Kier molecular flexibility index (Phi) is 2.97. The van der Waals surface area contributed by atoms with Gasteiger partial charge in [0.05, 0.1) is 0 Å². The molecule has 1 atom stereocenters. The van der Waals surface area contributed by atoms with Gasteiger partial charge in [-0.25, -0.2) is 0 Å². The van der Waals surface area contributed by atoms with E-state index < -0.39 is 15.5 Å². The molecule has 4 N–H and O–H groups in total. The monoisotopic (exact) mass is 216 g/mol. The third-order valence-electron chi connectivity index (χ3n) is 1.73. The number of anilines is 2. The van der Waals surface area contributed by atoms with Crippen LogP contribution in [0.25, 0.3) is 0 Å². The lowest BCUT2D eigenvalue weighted by Crippen LogP contribution is -2.25. The highest BCUT2D eigenvalue weighted by molar-refractivity contribution is 7.86. The van der Waals surface area contributed by atoms with Crippen molar-refractivity contribution in [1.29, 1.82) is 0 Å². The number of hydrogen-bond acceptors (Lipinski definition) is 4. The number of nitrogens with two attached hydrogens (primary N) is 1. The van der Waals surface area contributed by atoms with Crippen molar-refractivity contribution in [1.82, 2.24) is 0 Å². The number of rotatable bonds is 3. The van der Waals surface area contributed by atoms with Crippen molar-refractivity contribution in [2.24, 2.45) is 0 Å². The van der Waals surface area contributed by atoms with E-state index in [4.69, 9.17) is 10.3 Å². The summed E-state index contributed by atoms with van der Waals surface area (Å²) >= 11 is 0. The standard InChI is InChI=1S/C8H12N2O3S/c1-6(14(11,12)13)10-8-4-2-7(9)3-5-8/h2-6,10H,9H2,1H3,(H,11,12,13). The number of benzene rings is 1. The molecule has 78 valence electrons. The highest BCUT2D eigenvalue weighted by Crippen LogP contribution is 2.12. The molecule has 0 fully saturated rings. The van der Waals surface area contributed by atoms with Crippen LogP contribution in [0.2, 0.25) is 0 Å². The zero-order valence-electron chi connectivity index (χ0n) is 7.64. The first-order chi connectivity index (χ1) is 6.39. The minimum atomic E-state index is -4.05. The highest BCUT2D eigenvalue weighted by atomic mass is 32.2. The largest absolute Gasteiger partial charge is 0.399 e. The number of hydrogen-bond donors (Lipinski definition) is 3. The minimum absolute atomic E-state index is 0.587. The predicted molar refractivity (Wildman–Crippen MR) is 55.5 cm³/mol. The molecule has 0 saturated heterocycles. The zero-order valence-corrected chi connectivity index (χ0v) is 8.45. The Hall–Kier alpha value is -1.27. The summed E-state index contributed by atoms with van der Waals surface area (Å²) in [5.41, 5.74) is 6.63. The van der Waals surface area contributed by atoms with E-state index in [1.54, 1.807) is 24.3 Å². The molecule has 0 aliphatic carbocycles. The smallest absolute Gasteiger partial charge is 0.285 e. The maximum absolute atomic E-state index is 10.7. The van der Waals surface area contributed by atoms with Gasteiger partial charge in [-0.2, -0.15) is 8.42 Å². The molecule has 1 unspecified atom stereocenters. The molecule has 0 bridgehead atoms. The molecule has 0 spiro atoms. The van der Waals surface area contributed by atoms with Crippen molar-refractivity contribution in [2.45, 2.75) is 12.3 Å². The van der Waals surface area contributed by atoms with Gasteiger partial charge < -0.3 is 11.1 Å². The first-order valence-electron chi connectivity index (χ1n) is 3.98. The Morgan fingerprint density at radius 3 is 2.29 bits per heavy atom. The van der Waals surface area contributed by atoms with Gasteiger partial charge in [0.15, 0.2) is 5.37 Å². The van der Waals surface area contributed by atoms with Crippen LogP contribution in [0.3, 0.4) is 0 Å². The lowest BCUT2D eigenvalue weighted by atomic mass is 10.3.